The van der Waals surface area contributed by atoms with Gasteiger partial charge in [0.15, 0.2) is 5.91 Å². The van der Waals surface area contributed by atoms with Crippen molar-refractivity contribution in [2.24, 2.45) is 0 Å². The summed E-state index contributed by atoms with van der Waals surface area (Å²) in [4.78, 5) is 0. The highest BCUT2D eigenvalue weighted by Gasteiger charge is 2.01. The average molecular weight is 128 g/mol. The maximum absolute atomic E-state index is 4.98. The van der Waals surface area contributed by atoms with Gasteiger partial charge in [0.2, 0.25) is 9.52 Å². The molecule has 0 N–H and O–H groups in total. The standard InChI is InChI=1S/C5H8O2Si/c1-4-8-5(6-2)7-3/h1,5H,2-3H3. The van der Waals surface area contributed by atoms with Crippen LogP contribution < -0.4 is 0 Å². The van der Waals surface area contributed by atoms with Gasteiger partial charge in [-0.25, -0.2) is 0 Å². The fraction of sp³-hybridized carbons (Fsp3) is 0.600. The van der Waals surface area contributed by atoms with Crippen molar-refractivity contribution in [2.45, 2.75) is 5.91 Å². The maximum atomic E-state index is 4.98. The van der Waals surface area contributed by atoms with Crippen LogP contribution in [-0.2, 0) is 9.47 Å². The monoisotopic (exact) mass is 128 g/mol. The topological polar surface area (TPSA) is 18.5 Å². The predicted octanol–water partition coefficient (Wildman–Crippen LogP) is -0.142. The minimum Gasteiger partial charge on any atom is -0.359 e. The molecule has 0 saturated carbocycles. The second-order valence-electron chi connectivity index (χ2n) is 1.09. The molecule has 0 aliphatic carbocycles. The van der Waals surface area contributed by atoms with E-state index in [9.17, 15) is 0 Å². The molecule has 8 heavy (non-hydrogen) atoms. The Morgan fingerprint density at radius 2 is 2.00 bits per heavy atom. The van der Waals surface area contributed by atoms with Crippen molar-refractivity contribution in [3.8, 4) is 12.0 Å². The van der Waals surface area contributed by atoms with Crippen molar-refractivity contribution < 1.29 is 9.47 Å². The van der Waals surface area contributed by atoms with E-state index in [4.69, 9.17) is 15.9 Å². The predicted molar refractivity (Wildman–Crippen MR) is 32.4 cm³/mol. The van der Waals surface area contributed by atoms with Gasteiger partial charge in [0.1, 0.15) is 0 Å². The fourth-order valence-electron chi connectivity index (χ4n) is 0.282. The third-order valence-electron chi connectivity index (χ3n) is 0.629. The summed E-state index contributed by atoms with van der Waals surface area (Å²) < 4.78 is 9.57. The molecule has 2 radical (unpaired) electrons. The lowest BCUT2D eigenvalue weighted by Gasteiger charge is -2.06. The van der Waals surface area contributed by atoms with E-state index < -0.39 is 0 Å². The third kappa shape index (κ3) is 2.80. The minimum absolute atomic E-state index is 0.208. The molecule has 0 saturated heterocycles. The molecule has 0 fully saturated rings. The van der Waals surface area contributed by atoms with Gasteiger partial charge in [-0.05, 0) is 0 Å². The second-order valence-corrected chi connectivity index (χ2v) is 2.14. The van der Waals surface area contributed by atoms with Crippen molar-refractivity contribution in [1.82, 2.24) is 0 Å². The first kappa shape index (κ1) is 7.70. The molecule has 44 valence electrons. The molecule has 2 nitrogen and oxygen atoms in total. The Hall–Kier alpha value is -0.303. The minimum atomic E-state index is -0.208. The SMILES string of the molecule is C#C[Si]C(OC)OC. The molecular formula is C5H8O2Si. The van der Waals surface area contributed by atoms with Crippen molar-refractivity contribution >= 4 is 9.52 Å². The molecule has 3 heteroatoms. The summed E-state index contributed by atoms with van der Waals surface area (Å²) in [5.74, 6) is -0.208. The first-order chi connectivity index (χ1) is 3.85. The van der Waals surface area contributed by atoms with Gasteiger partial charge in [0, 0.05) is 14.2 Å². The van der Waals surface area contributed by atoms with Crippen LogP contribution in [0.15, 0.2) is 0 Å². The Morgan fingerprint density at radius 1 is 1.50 bits per heavy atom. The van der Waals surface area contributed by atoms with Crippen LogP contribution in [-0.4, -0.2) is 29.7 Å². The molecule has 0 heterocycles. The summed E-state index contributed by atoms with van der Waals surface area (Å²) in [5.41, 5.74) is 2.45. The van der Waals surface area contributed by atoms with Gasteiger partial charge < -0.3 is 9.47 Å². The first-order valence-corrected chi connectivity index (χ1v) is 3.19. The average Bonchev–Trinajstić information content (AvgIpc) is 1.83. The highest BCUT2D eigenvalue weighted by Crippen LogP contribution is 1.84. The van der Waals surface area contributed by atoms with Crippen molar-refractivity contribution in [3.05, 3.63) is 0 Å². The third-order valence-corrected chi connectivity index (χ3v) is 1.50. The molecule has 0 unspecified atom stereocenters. The van der Waals surface area contributed by atoms with Crippen molar-refractivity contribution in [3.63, 3.8) is 0 Å². The summed E-state index contributed by atoms with van der Waals surface area (Å²) in [6.45, 7) is 0. The summed E-state index contributed by atoms with van der Waals surface area (Å²) in [6, 6.07) is 0. The Labute approximate surface area is 52.0 Å². The van der Waals surface area contributed by atoms with Gasteiger partial charge in [-0.2, -0.15) is 0 Å². The van der Waals surface area contributed by atoms with Gasteiger partial charge in [-0.3, -0.25) is 0 Å². The van der Waals surface area contributed by atoms with E-state index in [-0.39, 0.29) is 15.4 Å². The molecule has 0 aliphatic rings. The van der Waals surface area contributed by atoms with Crippen LogP contribution in [0.2, 0.25) is 0 Å². The van der Waals surface area contributed by atoms with Gasteiger partial charge in [-0.1, -0.05) is 0 Å². The Morgan fingerprint density at radius 3 is 2.12 bits per heavy atom. The van der Waals surface area contributed by atoms with Gasteiger partial charge in [0.25, 0.3) is 0 Å². The molecule has 0 spiro atoms. The molecule has 0 aromatic carbocycles. The summed E-state index contributed by atoms with van der Waals surface area (Å²) >= 11 is 0. The Balaban J connectivity index is 3.25. The number of terminal acetylenes is 1. The van der Waals surface area contributed by atoms with Crippen LogP contribution in [0.25, 0.3) is 0 Å². The number of hydrogen-bond acceptors (Lipinski definition) is 2. The lowest BCUT2D eigenvalue weighted by Crippen LogP contribution is -2.19. The van der Waals surface area contributed by atoms with Gasteiger partial charge in [-0.15, -0.1) is 12.0 Å². The largest absolute Gasteiger partial charge is 0.359 e. The maximum Gasteiger partial charge on any atom is 0.220 e. The zero-order valence-electron chi connectivity index (χ0n) is 4.97. The highest BCUT2D eigenvalue weighted by molar-refractivity contribution is 6.46. The van der Waals surface area contributed by atoms with Crippen LogP contribution in [0.3, 0.4) is 0 Å². The number of methoxy groups -OCH3 is 2. The molecule has 0 aliphatic heterocycles. The van der Waals surface area contributed by atoms with E-state index in [1.165, 1.54) is 0 Å². The zero-order chi connectivity index (χ0) is 6.41. The molecule has 0 aromatic heterocycles. The van der Waals surface area contributed by atoms with Crippen LogP contribution in [0, 0.1) is 12.0 Å². The number of rotatable bonds is 3. The molecule has 0 bridgehead atoms. The van der Waals surface area contributed by atoms with E-state index in [1.807, 2.05) is 0 Å². The van der Waals surface area contributed by atoms with E-state index in [1.54, 1.807) is 14.2 Å². The van der Waals surface area contributed by atoms with Gasteiger partial charge >= 0.3 is 0 Å². The van der Waals surface area contributed by atoms with E-state index in [2.05, 4.69) is 5.54 Å². The first-order valence-electron chi connectivity index (χ1n) is 2.12. The molecule has 0 rings (SSSR count). The summed E-state index contributed by atoms with van der Waals surface area (Å²) in [6.07, 6.45) is 4.98. The zero-order valence-corrected chi connectivity index (χ0v) is 5.97. The smallest absolute Gasteiger partial charge is 0.220 e. The fourth-order valence-corrected chi connectivity index (χ4v) is 0.654. The molecule has 0 aromatic rings. The van der Waals surface area contributed by atoms with Crippen LogP contribution >= 0.6 is 0 Å². The summed E-state index contributed by atoms with van der Waals surface area (Å²) in [5, 5.41) is 0. The normalized spacial score (nSPS) is 9.25. The number of hydrogen-bond donors (Lipinski definition) is 0. The van der Waals surface area contributed by atoms with Crippen LogP contribution in [0.5, 0.6) is 0 Å². The molecule has 0 amide bonds. The Kier molecular flexibility index (Phi) is 4.66. The molecular weight excluding hydrogens is 120 g/mol. The lowest BCUT2D eigenvalue weighted by molar-refractivity contribution is -0.0428. The van der Waals surface area contributed by atoms with Crippen LogP contribution in [0.4, 0.5) is 0 Å². The van der Waals surface area contributed by atoms with E-state index in [0.29, 0.717) is 0 Å². The van der Waals surface area contributed by atoms with Crippen molar-refractivity contribution in [2.75, 3.05) is 14.2 Å². The lowest BCUT2D eigenvalue weighted by atomic mass is 11.3. The quantitative estimate of drug-likeness (QED) is 0.299. The van der Waals surface area contributed by atoms with Gasteiger partial charge in [0.05, 0.1) is 0 Å². The van der Waals surface area contributed by atoms with Crippen LogP contribution in [0.1, 0.15) is 0 Å². The second kappa shape index (κ2) is 4.85. The molecule has 0 atom stereocenters. The highest BCUT2D eigenvalue weighted by atomic mass is 28.2. The summed E-state index contributed by atoms with van der Waals surface area (Å²) in [7, 11) is 3.43. The van der Waals surface area contributed by atoms with Crippen molar-refractivity contribution in [1.29, 1.82) is 0 Å². The number of ether oxygens (including phenoxy) is 2. The van der Waals surface area contributed by atoms with E-state index in [0.717, 1.165) is 0 Å². The Bertz CT molecular complexity index is 82.9. The van der Waals surface area contributed by atoms with E-state index >= 15 is 0 Å².